The average Bonchev–Trinajstić information content (AvgIpc) is 2.24. The molecule has 2 amide bonds. The molecule has 0 fully saturated rings. The molecule has 0 aromatic heterocycles. The second-order valence-electron chi connectivity index (χ2n) is 3.26. The summed E-state index contributed by atoms with van der Waals surface area (Å²) in [5.41, 5.74) is -0.361. The number of aliphatic carboxylic acids is 1. The minimum atomic E-state index is -1.24. The van der Waals surface area contributed by atoms with Crippen molar-refractivity contribution >= 4 is 17.7 Å². The quantitative estimate of drug-likeness (QED) is 0.755. The van der Waals surface area contributed by atoms with Gasteiger partial charge in [0.15, 0.2) is 11.6 Å². The third-order valence-corrected chi connectivity index (χ3v) is 1.92. The lowest BCUT2D eigenvalue weighted by Crippen LogP contribution is -2.41. The molecule has 0 bridgehead atoms. The van der Waals surface area contributed by atoms with E-state index in [1.807, 2.05) is 10.6 Å². The van der Waals surface area contributed by atoms with Crippen LogP contribution in [0.15, 0.2) is 18.2 Å². The number of carboxylic acids is 1. The smallest absolute Gasteiger partial charge is 0.325 e. The normalized spacial score (nSPS) is 11.7. The van der Waals surface area contributed by atoms with E-state index in [2.05, 4.69) is 0 Å². The van der Waals surface area contributed by atoms with E-state index in [-0.39, 0.29) is 5.69 Å². The molecule has 0 saturated carbocycles. The maximum absolute atomic E-state index is 13.1. The monoisotopic (exact) mass is 244 g/mol. The van der Waals surface area contributed by atoms with Crippen molar-refractivity contribution in [3.63, 3.8) is 0 Å². The van der Waals surface area contributed by atoms with Crippen LogP contribution in [0.3, 0.4) is 0 Å². The van der Waals surface area contributed by atoms with E-state index in [1.54, 1.807) is 0 Å². The van der Waals surface area contributed by atoms with Crippen LogP contribution in [-0.4, -0.2) is 23.1 Å². The third kappa shape index (κ3) is 3.40. The number of carbonyl (C=O) groups excluding carboxylic acids is 1. The van der Waals surface area contributed by atoms with Gasteiger partial charge in [-0.25, -0.2) is 13.6 Å². The summed E-state index contributed by atoms with van der Waals surface area (Å²) in [7, 11) is 0. The van der Waals surface area contributed by atoms with Crippen LogP contribution < -0.4 is 10.6 Å². The zero-order valence-corrected chi connectivity index (χ0v) is 8.83. The molecule has 0 unspecified atom stereocenters. The molecule has 3 N–H and O–H groups in total. The fourth-order valence-corrected chi connectivity index (χ4v) is 1.02. The highest BCUT2D eigenvalue weighted by Crippen LogP contribution is 2.16. The Labute approximate surface area is 95.4 Å². The summed E-state index contributed by atoms with van der Waals surface area (Å²) in [6, 6.07) is 1.21. The van der Waals surface area contributed by atoms with Gasteiger partial charge in [0.05, 0.1) is 5.69 Å². The Morgan fingerprint density at radius 1 is 1.35 bits per heavy atom. The molecule has 0 spiro atoms. The van der Waals surface area contributed by atoms with Crippen LogP contribution in [0.25, 0.3) is 0 Å². The van der Waals surface area contributed by atoms with Gasteiger partial charge in [0.25, 0.3) is 0 Å². The lowest BCUT2D eigenvalue weighted by molar-refractivity contribution is -0.138. The molecule has 0 aliphatic heterocycles. The molecule has 0 aliphatic carbocycles. The van der Waals surface area contributed by atoms with E-state index >= 15 is 0 Å². The molecular formula is C10H10F2N2O3. The SMILES string of the molecule is C[C@@H](NC(=O)Nc1cccc(F)c1F)C(=O)O. The highest BCUT2D eigenvalue weighted by Gasteiger charge is 2.15. The summed E-state index contributed by atoms with van der Waals surface area (Å²) in [4.78, 5) is 21.6. The second kappa shape index (κ2) is 5.24. The largest absolute Gasteiger partial charge is 0.480 e. The second-order valence-corrected chi connectivity index (χ2v) is 3.26. The van der Waals surface area contributed by atoms with Crippen molar-refractivity contribution in [1.82, 2.24) is 5.32 Å². The van der Waals surface area contributed by atoms with Gasteiger partial charge in [-0.05, 0) is 19.1 Å². The summed E-state index contributed by atoms with van der Waals surface area (Å²) in [6.07, 6.45) is 0. The van der Waals surface area contributed by atoms with Gasteiger partial charge in [0.1, 0.15) is 6.04 Å². The molecule has 92 valence electrons. The Morgan fingerprint density at radius 3 is 2.59 bits per heavy atom. The van der Waals surface area contributed by atoms with Gasteiger partial charge in [0.2, 0.25) is 0 Å². The zero-order chi connectivity index (χ0) is 13.0. The molecular weight excluding hydrogens is 234 g/mol. The number of anilines is 1. The van der Waals surface area contributed by atoms with Gasteiger partial charge in [-0.1, -0.05) is 6.07 Å². The Balaban J connectivity index is 2.69. The molecule has 0 radical (unpaired) electrons. The standard InChI is InChI=1S/C10H10F2N2O3/c1-5(9(15)16)13-10(17)14-7-4-2-3-6(11)8(7)12/h2-5H,1H3,(H,15,16)(H2,13,14,17)/t5-/m1/s1. The third-order valence-electron chi connectivity index (χ3n) is 1.92. The van der Waals surface area contributed by atoms with Crippen LogP contribution in [0.2, 0.25) is 0 Å². The van der Waals surface area contributed by atoms with Crippen molar-refractivity contribution in [3.8, 4) is 0 Å². The summed E-state index contributed by atoms with van der Waals surface area (Å²) in [6.45, 7) is 1.24. The van der Waals surface area contributed by atoms with Gasteiger partial charge < -0.3 is 15.7 Å². The van der Waals surface area contributed by atoms with Crippen LogP contribution >= 0.6 is 0 Å². The van der Waals surface area contributed by atoms with Crippen LogP contribution in [0.5, 0.6) is 0 Å². The van der Waals surface area contributed by atoms with Gasteiger partial charge in [-0.3, -0.25) is 4.79 Å². The molecule has 1 aromatic rings. The van der Waals surface area contributed by atoms with Crippen LogP contribution in [-0.2, 0) is 4.79 Å². The summed E-state index contributed by atoms with van der Waals surface area (Å²) in [5.74, 6) is -3.54. The highest BCUT2D eigenvalue weighted by atomic mass is 19.2. The number of carboxylic acid groups (broad SMARTS) is 1. The molecule has 7 heteroatoms. The summed E-state index contributed by atoms with van der Waals surface area (Å²) in [5, 5.41) is 12.6. The fourth-order valence-electron chi connectivity index (χ4n) is 1.02. The topological polar surface area (TPSA) is 78.4 Å². The number of nitrogens with one attached hydrogen (secondary N) is 2. The van der Waals surface area contributed by atoms with Gasteiger partial charge in [-0.15, -0.1) is 0 Å². The van der Waals surface area contributed by atoms with Gasteiger partial charge in [0, 0.05) is 0 Å². The molecule has 1 atom stereocenters. The summed E-state index contributed by atoms with van der Waals surface area (Å²) < 4.78 is 25.9. The van der Waals surface area contributed by atoms with Crippen LogP contribution in [0.1, 0.15) is 6.92 Å². The Hall–Kier alpha value is -2.18. The Kier molecular flexibility index (Phi) is 3.97. The minimum Gasteiger partial charge on any atom is -0.480 e. The number of halogens is 2. The Morgan fingerprint density at radius 2 is 2.00 bits per heavy atom. The number of benzene rings is 1. The van der Waals surface area contributed by atoms with E-state index in [0.717, 1.165) is 12.1 Å². The highest BCUT2D eigenvalue weighted by molar-refractivity contribution is 5.92. The molecule has 17 heavy (non-hydrogen) atoms. The maximum Gasteiger partial charge on any atom is 0.325 e. The molecule has 1 rings (SSSR count). The van der Waals surface area contributed by atoms with E-state index < -0.39 is 29.7 Å². The summed E-state index contributed by atoms with van der Waals surface area (Å²) >= 11 is 0. The molecule has 0 saturated heterocycles. The minimum absolute atomic E-state index is 0.361. The predicted molar refractivity (Wildman–Crippen MR) is 55.6 cm³/mol. The predicted octanol–water partition coefficient (Wildman–Crippen LogP) is 1.56. The number of rotatable bonds is 3. The Bertz CT molecular complexity index is 451. The van der Waals surface area contributed by atoms with Crippen molar-refractivity contribution < 1.29 is 23.5 Å². The van der Waals surface area contributed by atoms with Gasteiger partial charge >= 0.3 is 12.0 Å². The average molecular weight is 244 g/mol. The van der Waals surface area contributed by atoms with E-state index in [0.29, 0.717) is 0 Å². The van der Waals surface area contributed by atoms with Crippen LogP contribution in [0.4, 0.5) is 19.3 Å². The van der Waals surface area contributed by atoms with E-state index in [1.165, 1.54) is 13.0 Å². The number of hydrogen-bond donors (Lipinski definition) is 3. The molecule has 0 aliphatic rings. The van der Waals surface area contributed by atoms with Crippen molar-refractivity contribution in [1.29, 1.82) is 0 Å². The first-order valence-electron chi connectivity index (χ1n) is 4.66. The fraction of sp³-hybridized carbons (Fsp3) is 0.200. The van der Waals surface area contributed by atoms with Gasteiger partial charge in [-0.2, -0.15) is 0 Å². The maximum atomic E-state index is 13.1. The molecule has 1 aromatic carbocycles. The first-order chi connectivity index (χ1) is 7.91. The number of carbonyl (C=O) groups is 2. The van der Waals surface area contributed by atoms with Crippen LogP contribution in [0, 0.1) is 11.6 Å². The number of hydrogen-bond acceptors (Lipinski definition) is 2. The van der Waals surface area contributed by atoms with Crippen molar-refractivity contribution in [2.24, 2.45) is 0 Å². The van der Waals surface area contributed by atoms with Crippen molar-refractivity contribution in [2.75, 3.05) is 5.32 Å². The molecule has 5 nitrogen and oxygen atoms in total. The van der Waals surface area contributed by atoms with Crippen molar-refractivity contribution in [3.05, 3.63) is 29.8 Å². The van der Waals surface area contributed by atoms with Crippen molar-refractivity contribution in [2.45, 2.75) is 13.0 Å². The number of amides is 2. The first kappa shape index (κ1) is 12.9. The van der Waals surface area contributed by atoms with E-state index in [4.69, 9.17) is 5.11 Å². The lowest BCUT2D eigenvalue weighted by Gasteiger charge is -2.11. The zero-order valence-electron chi connectivity index (χ0n) is 8.83. The molecule has 0 heterocycles. The lowest BCUT2D eigenvalue weighted by atomic mass is 10.3. The number of urea groups is 1. The van der Waals surface area contributed by atoms with E-state index in [9.17, 15) is 18.4 Å². The first-order valence-corrected chi connectivity index (χ1v) is 4.66.